The number of carbonyl (C=O) groups excluding carboxylic acids is 5. The first-order valence-electron chi connectivity index (χ1n) is 21.5. The van der Waals surface area contributed by atoms with E-state index >= 15 is 0 Å². The first kappa shape index (κ1) is 49.8. The Morgan fingerprint density at radius 3 is 2.20 bits per heavy atom. The van der Waals surface area contributed by atoms with Crippen LogP contribution in [0.3, 0.4) is 0 Å². The number of nitriles is 1. The molecular weight excluding hydrogens is 815 g/mol. The number of nitrogens with two attached hydrogens (primary N) is 2. The second kappa shape index (κ2) is 25.9. The van der Waals surface area contributed by atoms with Gasteiger partial charge in [-0.05, 0) is 97.0 Å². The molecule has 8 N–H and O–H groups in total. The number of nitrogens with zero attached hydrogens (tertiary/aromatic N) is 3. The van der Waals surface area contributed by atoms with Crippen molar-refractivity contribution in [1.29, 1.82) is 5.26 Å². The average Bonchev–Trinajstić information content (AvgIpc) is 3.29. The van der Waals surface area contributed by atoms with Crippen LogP contribution in [-0.4, -0.2) is 98.4 Å². The van der Waals surface area contributed by atoms with Gasteiger partial charge >= 0.3 is 0 Å². The molecule has 3 aromatic carbocycles. The van der Waals surface area contributed by atoms with Crippen LogP contribution >= 0.6 is 0 Å². The molecule has 64 heavy (non-hydrogen) atoms. The lowest BCUT2D eigenvalue weighted by Gasteiger charge is -2.29. The van der Waals surface area contributed by atoms with Crippen molar-refractivity contribution < 1.29 is 33.4 Å². The van der Waals surface area contributed by atoms with Crippen molar-refractivity contribution in [3.63, 3.8) is 0 Å². The number of nitrogens with one attached hydrogen (secondary N) is 4. The number of unbranched alkanes of at least 4 members (excludes halogenated alkanes) is 3. The molecule has 0 saturated heterocycles. The van der Waals surface area contributed by atoms with E-state index in [1.807, 2.05) is 44.2 Å². The number of aryl methyl sites for hydroxylation is 3. The van der Waals surface area contributed by atoms with Crippen LogP contribution in [0.25, 0.3) is 11.1 Å². The van der Waals surface area contributed by atoms with Crippen LogP contribution in [0, 0.1) is 25.2 Å². The van der Waals surface area contributed by atoms with E-state index in [0.717, 1.165) is 36.8 Å². The van der Waals surface area contributed by atoms with E-state index in [9.17, 15) is 24.0 Å². The van der Waals surface area contributed by atoms with Crippen molar-refractivity contribution in [2.24, 2.45) is 11.5 Å². The van der Waals surface area contributed by atoms with Gasteiger partial charge in [-0.15, -0.1) is 0 Å². The zero-order valence-corrected chi connectivity index (χ0v) is 37.2. The SMILES string of the molecule is CCCCCCc1ccc(C(=O)NCC(=O)N(C)C2C(=O)NCC(=O)NC(C(=O)NCC#N)Cc3ccc(OCCN)c(c3)-c3cc2ccc3OCCN)c(C)c1.Cc1ccncc1. The fourth-order valence-electron chi connectivity index (χ4n) is 7.03. The molecule has 2 atom stereocenters. The highest BCUT2D eigenvalue weighted by molar-refractivity contribution is 5.99. The summed E-state index contributed by atoms with van der Waals surface area (Å²) in [4.78, 5) is 72.5. The van der Waals surface area contributed by atoms with Crippen LogP contribution in [0.1, 0.15) is 76.8 Å². The van der Waals surface area contributed by atoms with Crippen LogP contribution in [0.2, 0.25) is 0 Å². The number of ether oxygens (including phenoxy) is 2. The molecule has 0 saturated carbocycles. The summed E-state index contributed by atoms with van der Waals surface area (Å²) >= 11 is 0. The van der Waals surface area contributed by atoms with E-state index in [0.29, 0.717) is 39.3 Å². The van der Waals surface area contributed by atoms with Crippen molar-refractivity contribution in [2.45, 2.75) is 71.4 Å². The molecule has 5 amide bonds. The molecule has 0 spiro atoms. The standard InChI is InChI=1S/C42H54N8O7.C6H7N/c1-4-5-6-7-8-28-9-12-31(27(2)21-28)40(53)48-26-38(52)50(3)39-30-11-14-36(57-20-17-45)33(24-30)32-22-29(10-13-35(32)56-19-16-44)23-34(41(54)46-18-15-43)49-37(51)25-47-42(39)55;1-6-2-4-7-5-3-6/h9-14,21-22,24,34,39H,4-8,16-20,23,25-26,44-45H2,1-3H3,(H,46,54)(H,47,55)(H,48,53)(H,49,51);2-5H,1H3. The van der Waals surface area contributed by atoms with Gasteiger partial charge in [-0.3, -0.25) is 29.0 Å². The van der Waals surface area contributed by atoms with Crippen LogP contribution in [0.5, 0.6) is 11.5 Å². The lowest BCUT2D eigenvalue weighted by atomic mass is 9.93. The number of hydrogen-bond donors (Lipinski definition) is 6. The van der Waals surface area contributed by atoms with E-state index in [2.05, 4.69) is 33.2 Å². The molecule has 1 aromatic heterocycles. The van der Waals surface area contributed by atoms with Gasteiger partial charge in [0.05, 0.1) is 19.2 Å². The minimum absolute atomic E-state index is 0.0358. The van der Waals surface area contributed by atoms with Gasteiger partial charge in [-0.25, -0.2) is 0 Å². The summed E-state index contributed by atoms with van der Waals surface area (Å²) in [5.41, 5.74) is 17.2. The molecule has 340 valence electrons. The molecule has 16 heteroatoms. The summed E-state index contributed by atoms with van der Waals surface area (Å²) in [6, 6.07) is 19.3. The maximum atomic E-state index is 14.1. The first-order chi connectivity index (χ1) is 30.9. The van der Waals surface area contributed by atoms with Crippen molar-refractivity contribution >= 4 is 29.5 Å². The maximum Gasteiger partial charge on any atom is 0.251 e. The fourth-order valence-corrected chi connectivity index (χ4v) is 7.03. The van der Waals surface area contributed by atoms with Gasteiger partial charge in [0.2, 0.25) is 23.6 Å². The second-order valence-electron chi connectivity index (χ2n) is 15.4. The number of rotatable bonds is 17. The monoisotopic (exact) mass is 875 g/mol. The van der Waals surface area contributed by atoms with E-state index in [4.69, 9.17) is 26.2 Å². The van der Waals surface area contributed by atoms with Crippen molar-refractivity contribution in [2.75, 3.05) is 53.0 Å². The van der Waals surface area contributed by atoms with Gasteiger partial charge in [0.1, 0.15) is 43.3 Å². The highest BCUT2D eigenvalue weighted by Gasteiger charge is 2.32. The largest absolute Gasteiger partial charge is 0.492 e. The van der Waals surface area contributed by atoms with Crippen molar-refractivity contribution in [1.82, 2.24) is 31.2 Å². The number of fused-ring (bicyclic) bond motifs is 5. The number of likely N-dealkylation sites (N-methyl/N-ethyl adjacent to an activating group) is 1. The van der Waals surface area contributed by atoms with E-state index in [1.54, 1.807) is 54.9 Å². The third-order valence-corrected chi connectivity index (χ3v) is 10.4. The lowest BCUT2D eigenvalue weighted by molar-refractivity contribution is -0.139. The van der Waals surface area contributed by atoms with Crippen LogP contribution in [0.15, 0.2) is 79.1 Å². The summed E-state index contributed by atoms with van der Waals surface area (Å²) < 4.78 is 12.1. The van der Waals surface area contributed by atoms with Gasteiger partial charge < -0.3 is 47.1 Å². The van der Waals surface area contributed by atoms with Gasteiger partial charge in [0.15, 0.2) is 0 Å². The fraction of sp³-hybridized carbons (Fsp3) is 0.396. The lowest BCUT2D eigenvalue weighted by Crippen LogP contribution is -2.52. The molecule has 0 radical (unpaired) electrons. The third-order valence-electron chi connectivity index (χ3n) is 10.4. The summed E-state index contributed by atoms with van der Waals surface area (Å²) in [6.45, 7) is 5.64. The van der Waals surface area contributed by atoms with E-state index < -0.39 is 54.7 Å². The second-order valence-corrected chi connectivity index (χ2v) is 15.4. The van der Waals surface area contributed by atoms with Crippen LogP contribution in [0.4, 0.5) is 0 Å². The number of pyridine rings is 1. The molecule has 0 aliphatic carbocycles. The zero-order chi connectivity index (χ0) is 46.4. The maximum absolute atomic E-state index is 14.1. The Morgan fingerprint density at radius 2 is 1.58 bits per heavy atom. The molecule has 5 rings (SSSR count). The number of benzene rings is 3. The smallest absolute Gasteiger partial charge is 0.251 e. The van der Waals surface area contributed by atoms with Crippen LogP contribution < -0.4 is 42.2 Å². The van der Waals surface area contributed by atoms with Crippen LogP contribution in [-0.2, 0) is 32.0 Å². The number of hydrogen-bond acceptors (Lipinski definition) is 11. The average molecular weight is 876 g/mol. The molecule has 4 bridgehead atoms. The number of carbonyl (C=O) groups is 5. The molecule has 16 nitrogen and oxygen atoms in total. The minimum atomic E-state index is -1.28. The predicted molar refractivity (Wildman–Crippen MR) is 244 cm³/mol. The van der Waals surface area contributed by atoms with Gasteiger partial charge in [-0.1, -0.05) is 50.5 Å². The zero-order valence-electron chi connectivity index (χ0n) is 37.2. The third kappa shape index (κ3) is 14.9. The highest BCUT2D eigenvalue weighted by Crippen LogP contribution is 2.40. The molecular formula is C48H61N9O7. The van der Waals surface area contributed by atoms with E-state index in [1.165, 1.54) is 23.9 Å². The summed E-state index contributed by atoms with van der Waals surface area (Å²) in [6.07, 6.45) is 9.08. The Labute approximate surface area is 375 Å². The highest BCUT2D eigenvalue weighted by atomic mass is 16.5. The molecule has 0 fully saturated rings. The quantitative estimate of drug-likeness (QED) is 0.0662. The molecule has 1 aliphatic rings. The summed E-state index contributed by atoms with van der Waals surface area (Å²) in [5.74, 6) is -2.14. The Bertz CT molecular complexity index is 2250. The minimum Gasteiger partial charge on any atom is -0.492 e. The molecule has 2 heterocycles. The topological polar surface area (TPSA) is 244 Å². The summed E-state index contributed by atoms with van der Waals surface area (Å²) in [5, 5.41) is 19.5. The Hall–Kier alpha value is -6.83. The first-order valence-corrected chi connectivity index (χ1v) is 21.5. The molecule has 2 unspecified atom stereocenters. The number of amides is 5. The van der Waals surface area contributed by atoms with Gasteiger partial charge in [0.25, 0.3) is 5.91 Å². The number of aromatic nitrogens is 1. The van der Waals surface area contributed by atoms with E-state index in [-0.39, 0.29) is 39.3 Å². The Balaban J connectivity index is 0.00000117. The van der Waals surface area contributed by atoms with Gasteiger partial charge in [-0.2, -0.15) is 5.26 Å². The van der Waals surface area contributed by atoms with Crippen molar-refractivity contribution in [3.8, 4) is 28.7 Å². The van der Waals surface area contributed by atoms with Gasteiger partial charge in [0, 0.05) is 55.6 Å². The normalized spacial score (nSPS) is 14.5. The van der Waals surface area contributed by atoms with Crippen molar-refractivity contribution in [3.05, 3.63) is 113 Å². The molecule has 4 aromatic rings. The predicted octanol–water partition coefficient (Wildman–Crippen LogP) is 3.58. The Morgan fingerprint density at radius 1 is 0.891 bits per heavy atom. The molecule has 1 aliphatic heterocycles. The summed E-state index contributed by atoms with van der Waals surface area (Å²) in [7, 11) is 1.44. The Kier molecular flexibility index (Phi) is 20.2.